The lowest BCUT2D eigenvalue weighted by Gasteiger charge is -2.20. The van der Waals surface area contributed by atoms with Crippen LogP contribution in [-0.2, 0) is 16.0 Å². The van der Waals surface area contributed by atoms with E-state index in [0.29, 0.717) is 5.69 Å². The number of ether oxygens (including phenoxy) is 1. The predicted octanol–water partition coefficient (Wildman–Crippen LogP) is 1.89. The van der Waals surface area contributed by atoms with Gasteiger partial charge in [-0.3, -0.25) is 4.79 Å². The minimum Gasteiger partial charge on any atom is -0.481 e. The molecule has 1 heterocycles. The smallest absolute Gasteiger partial charge is 0.408 e. The van der Waals surface area contributed by atoms with Crippen molar-refractivity contribution in [1.29, 1.82) is 0 Å². The molecule has 0 saturated carbocycles. The third-order valence-electron chi connectivity index (χ3n) is 2.01. The van der Waals surface area contributed by atoms with Crippen molar-refractivity contribution in [3.63, 3.8) is 0 Å². The number of aliphatic carboxylic acids is 1. The van der Waals surface area contributed by atoms with Crippen LogP contribution in [0.5, 0.6) is 0 Å². The number of carbonyl (C=O) groups is 2. The Kier molecular flexibility index (Phi) is 4.52. The summed E-state index contributed by atoms with van der Waals surface area (Å²) < 4.78 is 10.2. The van der Waals surface area contributed by atoms with Crippen molar-refractivity contribution in [2.75, 3.05) is 0 Å². The van der Waals surface area contributed by atoms with Gasteiger partial charge in [0.15, 0.2) is 0 Å². The average molecular weight is 270 g/mol. The number of carboxylic acids is 1. The molecule has 19 heavy (non-hydrogen) atoms. The van der Waals surface area contributed by atoms with Gasteiger partial charge >= 0.3 is 12.1 Å². The van der Waals surface area contributed by atoms with Crippen LogP contribution in [0.15, 0.2) is 10.7 Å². The van der Waals surface area contributed by atoms with E-state index in [1.807, 2.05) is 0 Å². The number of hydrogen-bond acceptors (Lipinski definition) is 5. The van der Waals surface area contributed by atoms with E-state index < -0.39 is 23.7 Å². The van der Waals surface area contributed by atoms with Gasteiger partial charge in [-0.2, -0.15) is 0 Å². The Balaban J connectivity index is 2.58. The van der Waals surface area contributed by atoms with Crippen LogP contribution in [-0.4, -0.2) is 27.8 Å². The zero-order chi connectivity index (χ0) is 14.6. The fourth-order valence-electron chi connectivity index (χ4n) is 1.30. The molecule has 0 aliphatic rings. The molecule has 0 aliphatic carbocycles. The van der Waals surface area contributed by atoms with Crippen molar-refractivity contribution in [2.45, 2.75) is 45.8 Å². The molecule has 1 aromatic rings. The highest BCUT2D eigenvalue weighted by atomic mass is 16.6. The van der Waals surface area contributed by atoms with Crippen molar-refractivity contribution >= 4 is 12.1 Å². The minimum atomic E-state index is -0.993. The van der Waals surface area contributed by atoms with Crippen molar-refractivity contribution in [3.8, 4) is 0 Å². The van der Waals surface area contributed by atoms with E-state index in [1.54, 1.807) is 27.7 Å². The Morgan fingerprint density at radius 1 is 1.53 bits per heavy atom. The summed E-state index contributed by atoms with van der Waals surface area (Å²) in [5.74, 6) is -0.755. The Bertz CT molecular complexity index is 461. The van der Waals surface area contributed by atoms with E-state index in [0.717, 1.165) is 0 Å². The number of amides is 1. The number of carboxylic acid groups (broad SMARTS) is 1. The number of rotatable bonds is 4. The van der Waals surface area contributed by atoms with Gasteiger partial charge in [-0.1, -0.05) is 0 Å². The summed E-state index contributed by atoms with van der Waals surface area (Å²) in [6.45, 7) is 6.94. The largest absolute Gasteiger partial charge is 0.481 e. The van der Waals surface area contributed by atoms with Crippen LogP contribution >= 0.6 is 0 Å². The molecule has 1 aromatic heterocycles. The number of hydrogen-bond donors (Lipinski definition) is 2. The molecule has 0 radical (unpaired) electrons. The molecule has 7 heteroatoms. The molecule has 7 nitrogen and oxygen atoms in total. The fraction of sp³-hybridized carbons (Fsp3) is 0.583. The summed E-state index contributed by atoms with van der Waals surface area (Å²) in [5.41, 5.74) is -0.283. The third kappa shape index (κ3) is 5.41. The van der Waals surface area contributed by atoms with E-state index in [4.69, 9.17) is 14.3 Å². The van der Waals surface area contributed by atoms with Gasteiger partial charge in [0.2, 0.25) is 5.89 Å². The molecular weight excluding hydrogens is 252 g/mol. The van der Waals surface area contributed by atoms with Crippen LogP contribution in [0.4, 0.5) is 4.79 Å². The van der Waals surface area contributed by atoms with Crippen LogP contribution in [0.3, 0.4) is 0 Å². The molecule has 1 rings (SSSR count). The lowest BCUT2D eigenvalue weighted by atomic mass is 10.2. The van der Waals surface area contributed by atoms with Gasteiger partial charge < -0.3 is 19.6 Å². The summed E-state index contributed by atoms with van der Waals surface area (Å²) >= 11 is 0. The highest BCUT2D eigenvalue weighted by Gasteiger charge is 2.20. The molecule has 0 fully saturated rings. The fourth-order valence-corrected chi connectivity index (χ4v) is 1.30. The average Bonchev–Trinajstić information content (AvgIpc) is 2.61. The lowest BCUT2D eigenvalue weighted by Crippen LogP contribution is -2.34. The number of alkyl carbamates (subject to hydrolysis) is 1. The summed E-state index contributed by atoms with van der Waals surface area (Å²) in [6, 6.07) is -0.502. The van der Waals surface area contributed by atoms with E-state index >= 15 is 0 Å². The standard InChI is InChI=1S/C12H18N2O5/c1-7(13-11(17)19-12(2,3)4)10-14-8(6-18-10)5-9(15)16/h6-7H,5H2,1-4H3,(H,13,17)(H,15,16). The molecule has 0 aromatic carbocycles. The van der Waals surface area contributed by atoms with Crippen LogP contribution in [0.25, 0.3) is 0 Å². The molecule has 0 saturated heterocycles. The zero-order valence-electron chi connectivity index (χ0n) is 11.4. The molecule has 1 atom stereocenters. The van der Waals surface area contributed by atoms with Crippen LogP contribution in [0.2, 0.25) is 0 Å². The number of oxazole rings is 1. The molecule has 1 unspecified atom stereocenters. The Hall–Kier alpha value is -2.05. The molecule has 106 valence electrons. The Labute approximate surface area is 111 Å². The van der Waals surface area contributed by atoms with Gasteiger partial charge in [0.05, 0.1) is 12.1 Å². The number of aromatic nitrogens is 1. The summed E-state index contributed by atoms with van der Waals surface area (Å²) in [4.78, 5) is 26.0. The number of nitrogens with zero attached hydrogens (tertiary/aromatic N) is 1. The second-order valence-electron chi connectivity index (χ2n) is 5.12. The van der Waals surface area contributed by atoms with Crippen molar-refractivity contribution in [3.05, 3.63) is 17.8 Å². The quantitative estimate of drug-likeness (QED) is 0.866. The second-order valence-corrected chi connectivity index (χ2v) is 5.12. The lowest BCUT2D eigenvalue weighted by molar-refractivity contribution is -0.136. The first-order valence-electron chi connectivity index (χ1n) is 5.83. The first-order chi connectivity index (χ1) is 8.67. The van der Waals surface area contributed by atoms with Crippen LogP contribution in [0.1, 0.15) is 45.3 Å². The molecule has 0 spiro atoms. The highest BCUT2D eigenvalue weighted by Crippen LogP contribution is 2.14. The second kappa shape index (κ2) is 5.73. The van der Waals surface area contributed by atoms with Crippen LogP contribution < -0.4 is 5.32 Å². The molecule has 2 N–H and O–H groups in total. The SMILES string of the molecule is CC(NC(=O)OC(C)(C)C)c1nc(CC(=O)O)co1. The summed E-state index contributed by atoms with van der Waals surface area (Å²) in [6.07, 6.45) is 0.456. The Morgan fingerprint density at radius 2 is 2.16 bits per heavy atom. The normalized spacial score (nSPS) is 12.8. The van der Waals surface area contributed by atoms with E-state index in [9.17, 15) is 9.59 Å². The third-order valence-corrected chi connectivity index (χ3v) is 2.01. The van der Waals surface area contributed by atoms with E-state index in [2.05, 4.69) is 10.3 Å². The topological polar surface area (TPSA) is 102 Å². The number of carbonyl (C=O) groups excluding carboxylic acids is 1. The monoisotopic (exact) mass is 270 g/mol. The van der Waals surface area contributed by atoms with E-state index in [1.165, 1.54) is 6.26 Å². The maximum Gasteiger partial charge on any atom is 0.408 e. The van der Waals surface area contributed by atoms with Gasteiger partial charge in [0.25, 0.3) is 0 Å². The predicted molar refractivity (Wildman–Crippen MR) is 65.6 cm³/mol. The Morgan fingerprint density at radius 3 is 2.68 bits per heavy atom. The number of nitrogens with one attached hydrogen (secondary N) is 1. The maximum absolute atomic E-state index is 11.5. The van der Waals surface area contributed by atoms with Crippen molar-refractivity contribution < 1.29 is 23.8 Å². The van der Waals surface area contributed by atoms with Crippen molar-refractivity contribution in [2.24, 2.45) is 0 Å². The molecule has 0 aliphatic heterocycles. The van der Waals surface area contributed by atoms with E-state index in [-0.39, 0.29) is 12.3 Å². The van der Waals surface area contributed by atoms with Gasteiger partial charge in [-0.15, -0.1) is 0 Å². The highest BCUT2D eigenvalue weighted by molar-refractivity contribution is 5.69. The van der Waals surface area contributed by atoms with Gasteiger partial charge in [-0.05, 0) is 27.7 Å². The van der Waals surface area contributed by atoms with Gasteiger partial charge in [0.1, 0.15) is 17.9 Å². The van der Waals surface area contributed by atoms with Gasteiger partial charge in [-0.25, -0.2) is 9.78 Å². The first kappa shape index (κ1) is 15.0. The first-order valence-corrected chi connectivity index (χ1v) is 5.83. The molecular formula is C12H18N2O5. The van der Waals surface area contributed by atoms with Gasteiger partial charge in [0, 0.05) is 0 Å². The molecule has 1 amide bonds. The van der Waals surface area contributed by atoms with Crippen LogP contribution in [0, 0.1) is 0 Å². The van der Waals surface area contributed by atoms with Crippen molar-refractivity contribution in [1.82, 2.24) is 10.3 Å². The maximum atomic E-state index is 11.5. The minimum absolute atomic E-state index is 0.220. The molecule has 0 bridgehead atoms. The zero-order valence-corrected chi connectivity index (χ0v) is 11.4. The summed E-state index contributed by atoms with van der Waals surface area (Å²) in [5, 5.41) is 11.2. The summed E-state index contributed by atoms with van der Waals surface area (Å²) in [7, 11) is 0.